The van der Waals surface area contributed by atoms with E-state index in [1.165, 1.54) is 0 Å². The van der Waals surface area contributed by atoms with Crippen LogP contribution in [0.25, 0.3) is 0 Å². The molecule has 0 spiro atoms. The van der Waals surface area contributed by atoms with Gasteiger partial charge in [-0.3, -0.25) is 0 Å². The molecule has 0 unspecified atom stereocenters. The lowest BCUT2D eigenvalue weighted by Gasteiger charge is -2.37. The van der Waals surface area contributed by atoms with Crippen LogP contribution in [0.3, 0.4) is 0 Å². The summed E-state index contributed by atoms with van der Waals surface area (Å²) >= 11 is 5.61. The average Bonchev–Trinajstić information content (AvgIpc) is 2.40. The summed E-state index contributed by atoms with van der Waals surface area (Å²) in [7, 11) is 0. The third kappa shape index (κ3) is 2.74. The second kappa shape index (κ2) is 5.55. The predicted molar refractivity (Wildman–Crippen MR) is 71.3 cm³/mol. The second-order valence-electron chi connectivity index (χ2n) is 4.40. The molecule has 1 aliphatic rings. The quantitative estimate of drug-likeness (QED) is 0.674. The van der Waals surface area contributed by atoms with Crippen LogP contribution in [0.1, 0.15) is 18.4 Å². The Morgan fingerprint density at radius 2 is 1.89 bits per heavy atom. The molecule has 1 heterocycles. The van der Waals surface area contributed by atoms with Gasteiger partial charge in [0.2, 0.25) is 0 Å². The van der Waals surface area contributed by atoms with Gasteiger partial charge in [0.15, 0.2) is 0 Å². The van der Waals surface area contributed by atoms with Crippen molar-refractivity contribution in [1.82, 2.24) is 5.32 Å². The molecular formula is C14H16ClNO2. The van der Waals surface area contributed by atoms with Crippen LogP contribution in [0.2, 0.25) is 0 Å². The van der Waals surface area contributed by atoms with Crippen molar-refractivity contribution in [3.63, 3.8) is 0 Å². The molecule has 96 valence electrons. The van der Waals surface area contributed by atoms with Gasteiger partial charge in [0, 0.05) is 12.8 Å². The minimum Gasteiger partial charge on any atom is -0.450 e. The molecule has 1 aromatic carbocycles. The molecule has 1 N–H and O–H groups in total. The molecule has 2 rings (SSSR count). The Kier molecular flexibility index (Phi) is 4.04. The maximum absolute atomic E-state index is 11.7. The molecule has 0 radical (unpaired) electrons. The van der Waals surface area contributed by atoms with E-state index in [0.29, 0.717) is 0 Å². The van der Waals surface area contributed by atoms with E-state index in [-0.39, 0.29) is 5.03 Å². The van der Waals surface area contributed by atoms with Gasteiger partial charge in [0.05, 0.1) is 0 Å². The molecule has 1 saturated heterocycles. The number of halogens is 1. The molecule has 0 atom stereocenters. The van der Waals surface area contributed by atoms with Crippen molar-refractivity contribution >= 4 is 17.6 Å². The highest BCUT2D eigenvalue weighted by Crippen LogP contribution is 2.35. The maximum Gasteiger partial charge on any atom is 0.350 e. The highest BCUT2D eigenvalue weighted by Gasteiger charge is 2.37. The lowest BCUT2D eigenvalue weighted by atomic mass is 9.85. The Labute approximate surface area is 112 Å². The van der Waals surface area contributed by atoms with Gasteiger partial charge < -0.3 is 10.1 Å². The molecule has 1 aliphatic heterocycles. The normalized spacial score (nSPS) is 18.1. The van der Waals surface area contributed by atoms with E-state index in [0.717, 1.165) is 31.5 Å². The summed E-state index contributed by atoms with van der Waals surface area (Å²) in [6, 6.07) is 9.80. The van der Waals surface area contributed by atoms with Crippen LogP contribution in [0, 0.1) is 0 Å². The zero-order valence-corrected chi connectivity index (χ0v) is 10.9. The summed E-state index contributed by atoms with van der Waals surface area (Å²) in [5, 5.41) is 3.19. The van der Waals surface area contributed by atoms with Crippen molar-refractivity contribution in [2.24, 2.45) is 0 Å². The minimum atomic E-state index is -0.582. The van der Waals surface area contributed by atoms with Crippen molar-refractivity contribution in [1.29, 1.82) is 0 Å². The standard InChI is InChI=1S/C14H16ClNO2/c1-11(15)13(17)18-14(7-9-16-10-8-14)12-5-3-2-4-6-12/h2-6,16H,1,7-10H2. The van der Waals surface area contributed by atoms with Gasteiger partial charge in [0.25, 0.3) is 0 Å². The number of ether oxygens (including phenoxy) is 1. The Morgan fingerprint density at radius 3 is 2.44 bits per heavy atom. The number of rotatable bonds is 3. The number of carbonyl (C=O) groups excluding carboxylic acids is 1. The van der Waals surface area contributed by atoms with E-state index >= 15 is 0 Å². The predicted octanol–water partition coefficient (Wildman–Crippen LogP) is 2.56. The molecule has 4 heteroatoms. The SMILES string of the molecule is C=C(Cl)C(=O)OC1(c2ccccc2)CCNCC1. The van der Waals surface area contributed by atoms with E-state index in [4.69, 9.17) is 16.3 Å². The van der Waals surface area contributed by atoms with Gasteiger partial charge in [-0.1, -0.05) is 48.5 Å². The highest BCUT2D eigenvalue weighted by molar-refractivity contribution is 6.40. The van der Waals surface area contributed by atoms with Crippen molar-refractivity contribution in [3.05, 3.63) is 47.5 Å². The van der Waals surface area contributed by atoms with E-state index in [1.54, 1.807) is 0 Å². The van der Waals surface area contributed by atoms with Gasteiger partial charge >= 0.3 is 5.97 Å². The van der Waals surface area contributed by atoms with Gasteiger partial charge in [0.1, 0.15) is 10.6 Å². The Balaban J connectivity index is 2.29. The van der Waals surface area contributed by atoms with Crippen LogP contribution >= 0.6 is 11.6 Å². The summed E-state index contributed by atoms with van der Waals surface area (Å²) in [5.74, 6) is -0.539. The van der Waals surface area contributed by atoms with Gasteiger partial charge in [-0.25, -0.2) is 4.79 Å². The van der Waals surface area contributed by atoms with Crippen molar-refractivity contribution in [2.45, 2.75) is 18.4 Å². The molecule has 0 amide bonds. The Morgan fingerprint density at radius 1 is 1.28 bits per heavy atom. The zero-order valence-electron chi connectivity index (χ0n) is 10.1. The van der Waals surface area contributed by atoms with Gasteiger partial charge in [-0.15, -0.1) is 0 Å². The van der Waals surface area contributed by atoms with Crippen molar-refractivity contribution in [2.75, 3.05) is 13.1 Å². The maximum atomic E-state index is 11.7. The smallest absolute Gasteiger partial charge is 0.350 e. The zero-order chi connectivity index (χ0) is 13.0. The topological polar surface area (TPSA) is 38.3 Å². The van der Waals surface area contributed by atoms with Crippen LogP contribution in [-0.2, 0) is 15.1 Å². The van der Waals surface area contributed by atoms with Crippen LogP contribution in [0.15, 0.2) is 41.9 Å². The first kappa shape index (κ1) is 13.1. The number of nitrogens with one attached hydrogen (secondary N) is 1. The number of esters is 1. The number of piperidine rings is 1. The van der Waals surface area contributed by atoms with E-state index in [9.17, 15) is 4.79 Å². The summed E-state index contributed by atoms with van der Waals surface area (Å²) in [4.78, 5) is 11.7. The molecule has 0 bridgehead atoms. The van der Waals surface area contributed by atoms with E-state index in [2.05, 4.69) is 11.9 Å². The molecule has 3 nitrogen and oxygen atoms in total. The first-order valence-corrected chi connectivity index (χ1v) is 6.36. The monoisotopic (exact) mass is 265 g/mol. The Hall–Kier alpha value is -1.32. The third-order valence-corrected chi connectivity index (χ3v) is 3.37. The molecule has 1 fully saturated rings. The van der Waals surface area contributed by atoms with Crippen molar-refractivity contribution < 1.29 is 9.53 Å². The summed E-state index contributed by atoms with van der Waals surface area (Å²) in [6.07, 6.45) is 1.49. The van der Waals surface area contributed by atoms with Crippen LogP contribution in [-0.4, -0.2) is 19.1 Å². The fourth-order valence-corrected chi connectivity index (χ4v) is 2.29. The van der Waals surface area contributed by atoms with E-state index < -0.39 is 11.6 Å². The van der Waals surface area contributed by atoms with Crippen LogP contribution < -0.4 is 5.32 Å². The second-order valence-corrected chi connectivity index (χ2v) is 4.86. The van der Waals surface area contributed by atoms with Crippen LogP contribution in [0.5, 0.6) is 0 Å². The lowest BCUT2D eigenvalue weighted by molar-refractivity contribution is -0.158. The third-order valence-electron chi connectivity index (χ3n) is 3.22. The summed E-state index contributed by atoms with van der Waals surface area (Å²) in [5.41, 5.74) is 0.430. The molecule has 0 aromatic heterocycles. The molecule has 0 saturated carbocycles. The number of hydrogen-bond donors (Lipinski definition) is 1. The average molecular weight is 266 g/mol. The fourth-order valence-electron chi connectivity index (χ4n) is 2.25. The molecule has 0 aliphatic carbocycles. The molecule has 18 heavy (non-hydrogen) atoms. The minimum absolute atomic E-state index is 0.0798. The van der Waals surface area contributed by atoms with Crippen molar-refractivity contribution in [3.8, 4) is 0 Å². The first-order valence-electron chi connectivity index (χ1n) is 5.98. The largest absolute Gasteiger partial charge is 0.450 e. The van der Waals surface area contributed by atoms with Crippen LogP contribution in [0.4, 0.5) is 0 Å². The Bertz CT molecular complexity index is 438. The van der Waals surface area contributed by atoms with Gasteiger partial charge in [-0.05, 0) is 18.7 Å². The fraction of sp³-hybridized carbons (Fsp3) is 0.357. The number of carbonyl (C=O) groups is 1. The molecule has 1 aromatic rings. The summed E-state index contributed by atoms with van der Waals surface area (Å²) < 4.78 is 5.62. The number of benzene rings is 1. The lowest BCUT2D eigenvalue weighted by Crippen LogP contribution is -2.43. The first-order chi connectivity index (χ1) is 8.64. The molecular weight excluding hydrogens is 250 g/mol. The number of hydrogen-bond acceptors (Lipinski definition) is 3. The highest BCUT2D eigenvalue weighted by atomic mass is 35.5. The van der Waals surface area contributed by atoms with Gasteiger partial charge in [-0.2, -0.15) is 0 Å². The van der Waals surface area contributed by atoms with E-state index in [1.807, 2.05) is 30.3 Å². The summed E-state index contributed by atoms with van der Waals surface area (Å²) in [6.45, 7) is 5.05.